The molecule has 2 aliphatic heterocycles. The van der Waals surface area contributed by atoms with E-state index < -0.39 is 23.6 Å². The van der Waals surface area contributed by atoms with Crippen LogP contribution in [0.3, 0.4) is 0 Å². The summed E-state index contributed by atoms with van der Waals surface area (Å²) in [6, 6.07) is 42.6. The first kappa shape index (κ1) is 27.6. The van der Waals surface area contributed by atoms with Crippen LogP contribution in [0.5, 0.6) is 0 Å². The third-order valence-corrected chi connectivity index (χ3v) is 11.3. The Labute approximate surface area is 295 Å². The van der Waals surface area contributed by atoms with Crippen LogP contribution in [0.1, 0.15) is 41.4 Å². The lowest BCUT2D eigenvalue weighted by Gasteiger charge is -2.32. The molecule has 240 valence electrons. The zero-order valence-electron chi connectivity index (χ0n) is 27.2. The van der Waals surface area contributed by atoms with Gasteiger partial charge in [-0.25, -0.2) is 9.80 Å². The zero-order chi connectivity index (χ0) is 34.6. The highest BCUT2D eigenvalue weighted by atomic mass is 16.2. The molecule has 4 aliphatic rings. The Morgan fingerprint density at radius 1 is 0.269 bits per heavy atom. The Hall–Kier alpha value is -7.18. The summed E-state index contributed by atoms with van der Waals surface area (Å²) in [6.45, 7) is 0. The number of carbonyl (C=O) groups is 4. The standard InChI is InChI=1S/C46H22N2O4/c49-43-33-15-17-35-42-36(46(52)48(45(35)51)26-20-24-8-6-14-32-28-10-2-4-12-30(28)38(22-26)40(24)32)18-16-34(41(33)42)44(50)47(43)25-19-23-7-5-13-31-27-9-1-3-11-29(27)37(21-25)39(23)31/h1-22H. The Morgan fingerprint density at radius 3 is 0.962 bits per heavy atom. The highest BCUT2D eigenvalue weighted by molar-refractivity contribution is 6.42. The maximum absolute atomic E-state index is 14.4. The van der Waals surface area contributed by atoms with Gasteiger partial charge in [0.1, 0.15) is 0 Å². The van der Waals surface area contributed by atoms with E-state index in [1.165, 1.54) is 9.80 Å². The third kappa shape index (κ3) is 3.21. The van der Waals surface area contributed by atoms with Gasteiger partial charge in [-0.3, -0.25) is 19.2 Å². The second-order valence-electron chi connectivity index (χ2n) is 13.8. The second kappa shape index (κ2) is 9.33. The lowest BCUT2D eigenvalue weighted by molar-refractivity contribution is 0.0873. The van der Waals surface area contributed by atoms with Crippen LogP contribution < -0.4 is 9.80 Å². The Balaban J connectivity index is 1.000. The molecule has 0 saturated carbocycles. The van der Waals surface area contributed by atoms with Crippen molar-refractivity contribution in [1.29, 1.82) is 0 Å². The van der Waals surface area contributed by atoms with Crippen molar-refractivity contribution in [2.75, 3.05) is 9.80 Å². The van der Waals surface area contributed by atoms with Gasteiger partial charge in [0.15, 0.2) is 0 Å². The number of imide groups is 2. The molecule has 12 rings (SSSR count). The predicted octanol–water partition coefficient (Wildman–Crippen LogP) is 10.0. The lowest BCUT2D eigenvalue weighted by atomic mass is 9.85. The molecular weight excluding hydrogens is 645 g/mol. The minimum absolute atomic E-state index is 0.276. The maximum atomic E-state index is 14.4. The first-order chi connectivity index (χ1) is 25.5. The van der Waals surface area contributed by atoms with Gasteiger partial charge >= 0.3 is 0 Å². The molecule has 6 nitrogen and oxygen atoms in total. The average molecular weight is 667 g/mol. The van der Waals surface area contributed by atoms with Gasteiger partial charge in [0, 0.05) is 33.0 Å². The van der Waals surface area contributed by atoms with Crippen LogP contribution in [-0.2, 0) is 0 Å². The summed E-state index contributed by atoms with van der Waals surface area (Å²) in [4.78, 5) is 60.1. The molecule has 0 atom stereocenters. The topological polar surface area (TPSA) is 74.8 Å². The van der Waals surface area contributed by atoms with Gasteiger partial charge in [-0.05, 0) is 115 Å². The number of anilines is 2. The summed E-state index contributed by atoms with van der Waals surface area (Å²) in [5.74, 6) is -1.98. The van der Waals surface area contributed by atoms with Crippen molar-refractivity contribution in [3.8, 4) is 44.5 Å². The van der Waals surface area contributed by atoms with Gasteiger partial charge in [-0.2, -0.15) is 0 Å². The largest absolute Gasteiger partial charge is 0.268 e. The normalized spacial score (nSPS) is 14.6. The van der Waals surface area contributed by atoms with E-state index in [-0.39, 0.29) is 22.3 Å². The molecule has 52 heavy (non-hydrogen) atoms. The van der Waals surface area contributed by atoms with E-state index in [0.29, 0.717) is 22.1 Å². The Morgan fingerprint density at radius 2 is 0.596 bits per heavy atom. The molecule has 2 heterocycles. The minimum atomic E-state index is -0.496. The molecule has 0 bridgehead atoms. The van der Waals surface area contributed by atoms with E-state index >= 15 is 0 Å². The van der Waals surface area contributed by atoms with Gasteiger partial charge in [0.05, 0.1) is 11.4 Å². The van der Waals surface area contributed by atoms with E-state index in [1.807, 2.05) is 72.8 Å². The molecule has 0 spiro atoms. The van der Waals surface area contributed by atoms with Crippen LogP contribution in [0.2, 0.25) is 0 Å². The van der Waals surface area contributed by atoms with Crippen LogP contribution >= 0.6 is 0 Å². The minimum Gasteiger partial charge on any atom is -0.268 e. The van der Waals surface area contributed by atoms with Crippen molar-refractivity contribution in [3.05, 3.63) is 156 Å². The van der Waals surface area contributed by atoms with Gasteiger partial charge in [0.2, 0.25) is 0 Å². The number of carbonyl (C=O) groups excluding carboxylic acids is 4. The molecule has 8 aromatic rings. The van der Waals surface area contributed by atoms with Crippen molar-refractivity contribution in [1.82, 2.24) is 0 Å². The summed E-state index contributed by atoms with van der Waals surface area (Å²) >= 11 is 0. The molecule has 6 heteroatoms. The molecular formula is C46H22N2O4. The number of rotatable bonds is 2. The van der Waals surface area contributed by atoms with Gasteiger partial charge in [0.25, 0.3) is 23.6 Å². The SMILES string of the molecule is O=C1c2ccc3c4c(ccc(c24)C(=O)N1c1cc2c4c(cccc4c1)-c1ccccc1-2)C(=O)N(c1cc2c4c(cccc4c1)-c1ccccc1-2)C3=O. The fraction of sp³-hybridized carbons (Fsp3) is 0. The number of benzene rings is 8. The smallest absolute Gasteiger partial charge is 0.265 e. The van der Waals surface area contributed by atoms with Crippen LogP contribution in [0.15, 0.2) is 133 Å². The monoisotopic (exact) mass is 666 g/mol. The van der Waals surface area contributed by atoms with Crippen LogP contribution in [0, 0.1) is 0 Å². The third-order valence-electron chi connectivity index (χ3n) is 11.3. The highest BCUT2D eigenvalue weighted by Crippen LogP contribution is 2.51. The number of hydrogen-bond acceptors (Lipinski definition) is 4. The first-order valence-corrected chi connectivity index (χ1v) is 17.2. The van der Waals surface area contributed by atoms with Crippen molar-refractivity contribution in [3.63, 3.8) is 0 Å². The second-order valence-corrected chi connectivity index (χ2v) is 13.8. The van der Waals surface area contributed by atoms with Crippen molar-refractivity contribution >= 4 is 67.3 Å². The maximum Gasteiger partial charge on any atom is 0.265 e. The molecule has 2 aliphatic carbocycles. The zero-order valence-corrected chi connectivity index (χ0v) is 27.2. The van der Waals surface area contributed by atoms with E-state index in [0.717, 1.165) is 66.1 Å². The molecule has 0 fully saturated rings. The summed E-state index contributed by atoms with van der Waals surface area (Å²) in [7, 11) is 0. The van der Waals surface area contributed by atoms with Crippen molar-refractivity contribution < 1.29 is 19.2 Å². The number of nitrogens with zero attached hydrogens (tertiary/aromatic N) is 2. The highest BCUT2D eigenvalue weighted by Gasteiger charge is 2.41. The number of fused-ring (bicyclic) bond motifs is 6. The molecule has 0 unspecified atom stereocenters. The Bertz CT molecular complexity index is 2840. The van der Waals surface area contributed by atoms with Crippen molar-refractivity contribution in [2.24, 2.45) is 0 Å². The van der Waals surface area contributed by atoms with Gasteiger partial charge in [-0.15, -0.1) is 0 Å². The fourth-order valence-corrected chi connectivity index (χ4v) is 9.21. The van der Waals surface area contributed by atoms with E-state index in [2.05, 4.69) is 36.4 Å². The van der Waals surface area contributed by atoms with Gasteiger partial charge in [-0.1, -0.05) is 84.9 Å². The van der Waals surface area contributed by atoms with Crippen LogP contribution in [0.25, 0.3) is 76.8 Å². The van der Waals surface area contributed by atoms with Gasteiger partial charge < -0.3 is 0 Å². The van der Waals surface area contributed by atoms with E-state index in [9.17, 15) is 19.2 Å². The molecule has 0 radical (unpaired) electrons. The first-order valence-electron chi connectivity index (χ1n) is 17.2. The predicted molar refractivity (Wildman–Crippen MR) is 203 cm³/mol. The lowest BCUT2D eigenvalue weighted by Crippen LogP contribution is -2.43. The molecule has 8 aromatic carbocycles. The summed E-state index contributed by atoms with van der Waals surface area (Å²) in [5, 5.41) is 4.74. The van der Waals surface area contributed by atoms with Crippen LogP contribution in [0.4, 0.5) is 11.4 Å². The number of amides is 4. The van der Waals surface area contributed by atoms with Crippen molar-refractivity contribution in [2.45, 2.75) is 0 Å². The molecule has 4 amide bonds. The van der Waals surface area contributed by atoms with E-state index in [4.69, 9.17) is 0 Å². The van der Waals surface area contributed by atoms with E-state index in [1.54, 1.807) is 24.3 Å². The summed E-state index contributed by atoms with van der Waals surface area (Å²) in [5.41, 5.74) is 10.6. The summed E-state index contributed by atoms with van der Waals surface area (Å²) < 4.78 is 0. The Kier molecular flexibility index (Phi) is 4.95. The molecule has 0 saturated heterocycles. The number of hydrogen-bond donors (Lipinski definition) is 0. The molecule has 0 N–H and O–H groups in total. The quantitative estimate of drug-likeness (QED) is 0.172. The summed E-state index contributed by atoms with van der Waals surface area (Å²) in [6.07, 6.45) is 0. The average Bonchev–Trinajstić information content (AvgIpc) is 3.67. The fourth-order valence-electron chi connectivity index (χ4n) is 9.21. The molecule has 0 aromatic heterocycles. The van der Waals surface area contributed by atoms with Crippen LogP contribution in [-0.4, -0.2) is 23.6 Å².